The summed E-state index contributed by atoms with van der Waals surface area (Å²) in [7, 11) is 0. The van der Waals surface area contributed by atoms with Gasteiger partial charge in [-0.3, -0.25) is 45.7 Å². The number of hydrogen-bond donors (Lipinski definition) is 3. The van der Waals surface area contributed by atoms with Gasteiger partial charge in [-0.25, -0.2) is 0 Å². The lowest BCUT2D eigenvalue weighted by molar-refractivity contribution is -0.132. The summed E-state index contributed by atoms with van der Waals surface area (Å²) >= 11 is 0. The number of nitrogens with zero attached hydrogens (tertiary/aromatic N) is 3. The first-order chi connectivity index (χ1) is 14.7. The van der Waals surface area contributed by atoms with E-state index in [0.717, 1.165) is 0 Å². The van der Waals surface area contributed by atoms with E-state index in [2.05, 4.69) is 16.3 Å². The SMILES string of the molecule is CC(=O)N(Nc1cc(NN(C(C)=O)C(C)(C)C)cc(NN(C(C)=O)C(C)(C)C)c1)C(C)(C)C. The van der Waals surface area contributed by atoms with Gasteiger partial charge < -0.3 is 0 Å². The largest absolute Gasteiger partial charge is 0.295 e. The van der Waals surface area contributed by atoms with Crippen molar-refractivity contribution in [1.82, 2.24) is 15.0 Å². The third kappa shape index (κ3) is 8.14. The first-order valence-electron chi connectivity index (χ1n) is 11.1. The average molecular weight is 463 g/mol. The second-order valence-corrected chi connectivity index (χ2v) is 11.2. The summed E-state index contributed by atoms with van der Waals surface area (Å²) in [5, 5.41) is 4.61. The number of hydrogen-bond acceptors (Lipinski definition) is 6. The van der Waals surface area contributed by atoms with Gasteiger partial charge in [0, 0.05) is 20.8 Å². The fraction of sp³-hybridized carbons (Fsp3) is 0.625. The van der Waals surface area contributed by atoms with Crippen LogP contribution in [0.4, 0.5) is 17.1 Å². The number of amides is 3. The molecule has 9 nitrogen and oxygen atoms in total. The van der Waals surface area contributed by atoms with Crippen molar-refractivity contribution in [3.63, 3.8) is 0 Å². The second kappa shape index (κ2) is 9.89. The minimum Gasteiger partial charge on any atom is -0.295 e. The van der Waals surface area contributed by atoms with Gasteiger partial charge in [0.05, 0.1) is 33.7 Å². The molecule has 9 heteroatoms. The van der Waals surface area contributed by atoms with E-state index >= 15 is 0 Å². The van der Waals surface area contributed by atoms with E-state index < -0.39 is 16.6 Å². The summed E-state index contributed by atoms with van der Waals surface area (Å²) < 4.78 is 0. The summed E-state index contributed by atoms with van der Waals surface area (Å²) in [4.78, 5) is 36.9. The van der Waals surface area contributed by atoms with Gasteiger partial charge in [0.2, 0.25) is 17.7 Å². The third-order valence-corrected chi connectivity index (χ3v) is 4.61. The number of benzene rings is 1. The lowest BCUT2D eigenvalue weighted by Gasteiger charge is -2.38. The van der Waals surface area contributed by atoms with Crippen molar-refractivity contribution in [1.29, 1.82) is 0 Å². The summed E-state index contributed by atoms with van der Waals surface area (Å²) in [5.41, 5.74) is 9.95. The number of carbonyl (C=O) groups excluding carboxylic acids is 3. The second-order valence-electron chi connectivity index (χ2n) is 11.2. The average Bonchev–Trinajstić information content (AvgIpc) is 2.58. The van der Waals surface area contributed by atoms with Crippen LogP contribution < -0.4 is 16.3 Å². The predicted octanol–water partition coefficient (Wildman–Crippen LogP) is 4.61. The first-order valence-corrected chi connectivity index (χ1v) is 11.1. The Kier molecular flexibility index (Phi) is 8.41. The number of nitrogens with one attached hydrogen (secondary N) is 3. The highest BCUT2D eigenvalue weighted by molar-refractivity contribution is 5.80. The molecule has 0 atom stereocenters. The monoisotopic (exact) mass is 462 g/mol. The maximum atomic E-state index is 12.3. The highest BCUT2D eigenvalue weighted by Gasteiger charge is 2.28. The van der Waals surface area contributed by atoms with E-state index in [9.17, 15) is 14.4 Å². The smallest absolute Gasteiger partial charge is 0.238 e. The van der Waals surface area contributed by atoms with Crippen molar-refractivity contribution in [2.45, 2.75) is 99.7 Å². The normalized spacial score (nSPS) is 12.0. The lowest BCUT2D eigenvalue weighted by Crippen LogP contribution is -2.49. The summed E-state index contributed by atoms with van der Waals surface area (Å²) in [6, 6.07) is 5.43. The van der Waals surface area contributed by atoms with Gasteiger partial charge in [-0.2, -0.15) is 0 Å². The molecule has 0 spiro atoms. The highest BCUT2D eigenvalue weighted by Crippen LogP contribution is 2.28. The molecule has 33 heavy (non-hydrogen) atoms. The lowest BCUT2D eigenvalue weighted by atomic mass is 10.1. The van der Waals surface area contributed by atoms with E-state index in [1.807, 2.05) is 80.5 Å². The molecule has 0 fully saturated rings. The van der Waals surface area contributed by atoms with Gasteiger partial charge in [0.25, 0.3) is 0 Å². The molecule has 0 aliphatic heterocycles. The summed E-state index contributed by atoms with van der Waals surface area (Å²) in [5.74, 6) is -0.429. The topological polar surface area (TPSA) is 97.0 Å². The van der Waals surface area contributed by atoms with Crippen molar-refractivity contribution >= 4 is 34.8 Å². The van der Waals surface area contributed by atoms with Crippen LogP contribution in [-0.4, -0.2) is 49.4 Å². The molecule has 0 unspecified atom stereocenters. The van der Waals surface area contributed by atoms with Gasteiger partial charge in [-0.05, 0) is 80.5 Å². The van der Waals surface area contributed by atoms with Crippen LogP contribution in [0.25, 0.3) is 0 Å². The van der Waals surface area contributed by atoms with Crippen molar-refractivity contribution in [2.75, 3.05) is 16.3 Å². The Balaban J connectivity index is 3.54. The Hall–Kier alpha value is -2.97. The van der Waals surface area contributed by atoms with Crippen LogP contribution in [0, 0.1) is 0 Å². The number of carbonyl (C=O) groups is 3. The summed E-state index contributed by atoms with van der Waals surface area (Å²) in [6.07, 6.45) is 0. The first kappa shape index (κ1) is 28.1. The molecule has 1 aromatic rings. The van der Waals surface area contributed by atoms with E-state index in [0.29, 0.717) is 17.1 Å². The minimum absolute atomic E-state index is 0.143. The fourth-order valence-corrected chi connectivity index (χ4v) is 3.36. The highest BCUT2D eigenvalue weighted by atomic mass is 16.2. The van der Waals surface area contributed by atoms with E-state index in [1.54, 1.807) is 0 Å². The molecule has 1 rings (SSSR count). The third-order valence-electron chi connectivity index (χ3n) is 4.61. The van der Waals surface area contributed by atoms with Crippen LogP contribution in [0.3, 0.4) is 0 Å². The van der Waals surface area contributed by atoms with Crippen molar-refractivity contribution in [3.05, 3.63) is 18.2 Å². The van der Waals surface area contributed by atoms with Crippen LogP contribution in [0.1, 0.15) is 83.1 Å². The molecule has 3 N–H and O–H groups in total. The van der Waals surface area contributed by atoms with Gasteiger partial charge in [0.1, 0.15) is 0 Å². The molecule has 0 aromatic heterocycles. The number of rotatable bonds is 6. The van der Waals surface area contributed by atoms with Crippen molar-refractivity contribution in [2.24, 2.45) is 0 Å². The maximum Gasteiger partial charge on any atom is 0.238 e. The Morgan fingerprint density at radius 1 is 0.515 bits per heavy atom. The molecule has 186 valence electrons. The molecule has 1 aromatic carbocycles. The van der Waals surface area contributed by atoms with Crippen LogP contribution in [0.2, 0.25) is 0 Å². The molecule has 3 amide bonds. The van der Waals surface area contributed by atoms with E-state index in [1.165, 1.54) is 35.8 Å². The Morgan fingerprint density at radius 3 is 0.818 bits per heavy atom. The predicted molar refractivity (Wildman–Crippen MR) is 134 cm³/mol. The van der Waals surface area contributed by atoms with Crippen molar-refractivity contribution in [3.8, 4) is 0 Å². The quantitative estimate of drug-likeness (QED) is 0.534. The minimum atomic E-state index is -0.476. The van der Waals surface area contributed by atoms with Gasteiger partial charge in [-0.15, -0.1) is 0 Å². The zero-order valence-corrected chi connectivity index (χ0v) is 22.3. The molecule has 0 saturated heterocycles. The molecule has 0 bridgehead atoms. The molecule has 0 aliphatic rings. The maximum absolute atomic E-state index is 12.3. The van der Waals surface area contributed by atoms with Gasteiger partial charge in [-0.1, -0.05) is 0 Å². The zero-order valence-electron chi connectivity index (χ0n) is 22.3. The van der Waals surface area contributed by atoms with E-state index in [4.69, 9.17) is 0 Å². The molecular weight excluding hydrogens is 420 g/mol. The van der Waals surface area contributed by atoms with E-state index in [-0.39, 0.29) is 17.7 Å². The van der Waals surface area contributed by atoms with Crippen LogP contribution in [0.15, 0.2) is 18.2 Å². The molecule has 0 heterocycles. The number of hydrazine groups is 3. The van der Waals surface area contributed by atoms with Gasteiger partial charge in [0.15, 0.2) is 0 Å². The van der Waals surface area contributed by atoms with Gasteiger partial charge >= 0.3 is 0 Å². The van der Waals surface area contributed by atoms with Crippen LogP contribution in [0.5, 0.6) is 0 Å². The fourth-order valence-electron chi connectivity index (χ4n) is 3.36. The zero-order chi connectivity index (χ0) is 25.9. The number of anilines is 3. The molecule has 0 saturated carbocycles. The van der Waals surface area contributed by atoms with Crippen LogP contribution >= 0.6 is 0 Å². The standard InChI is InChI=1S/C24H42N6O3/c1-16(31)28(22(4,5)6)25-19-13-20(26-29(17(2)32)23(7,8)9)15-21(14-19)27-30(18(3)33)24(10,11)12/h13-15,25-27H,1-12H3. The summed E-state index contributed by atoms with van der Waals surface area (Å²) in [6.45, 7) is 21.8. The molecule has 0 aliphatic carbocycles. The Morgan fingerprint density at radius 2 is 0.697 bits per heavy atom. The van der Waals surface area contributed by atoms with Crippen molar-refractivity contribution < 1.29 is 14.4 Å². The Labute approximate surface area is 198 Å². The molecular formula is C24H42N6O3. The Bertz CT molecular complexity index is 751. The van der Waals surface area contributed by atoms with Crippen LogP contribution in [-0.2, 0) is 14.4 Å². The molecule has 0 radical (unpaired) electrons.